The van der Waals surface area contributed by atoms with E-state index in [9.17, 15) is 19.5 Å². The molecule has 316 valence electrons. The molecular weight excluding hydrogens is 785 g/mol. The number of rotatable bonds is 10. The highest BCUT2D eigenvalue weighted by atomic mass is 16.4. The van der Waals surface area contributed by atoms with Gasteiger partial charge in [-0.3, -0.25) is 14.5 Å². The summed E-state index contributed by atoms with van der Waals surface area (Å²) >= 11 is 0. The van der Waals surface area contributed by atoms with Gasteiger partial charge >= 0.3 is 6.09 Å². The van der Waals surface area contributed by atoms with Crippen LogP contribution in [0.4, 0.5) is 4.79 Å². The monoisotopic (exact) mass is 832 g/mol. The highest BCUT2D eigenvalue weighted by molar-refractivity contribution is 5.91. The molecule has 0 saturated carbocycles. The summed E-state index contributed by atoms with van der Waals surface area (Å²) in [5, 5.41) is 12.0. The zero-order valence-corrected chi connectivity index (χ0v) is 34.4. The number of fused-ring (bicyclic) bond motifs is 2. The number of para-hydroxylation sites is 1. The van der Waals surface area contributed by atoms with Crippen LogP contribution >= 0.6 is 0 Å². The highest BCUT2D eigenvalue weighted by Gasteiger charge is 2.40. The molecule has 3 aliphatic heterocycles. The van der Waals surface area contributed by atoms with Crippen molar-refractivity contribution in [3.63, 3.8) is 0 Å². The first-order valence-corrected chi connectivity index (χ1v) is 21.4. The second-order valence-corrected chi connectivity index (χ2v) is 16.5. The molecule has 10 rings (SSSR count). The number of benzene rings is 4. The van der Waals surface area contributed by atoms with Crippen LogP contribution in [0.5, 0.6) is 0 Å². The number of oxazole rings is 1. The lowest BCUT2D eigenvalue weighted by Gasteiger charge is -2.39. The van der Waals surface area contributed by atoms with E-state index in [1.165, 1.54) is 0 Å². The van der Waals surface area contributed by atoms with Crippen molar-refractivity contribution in [2.75, 3.05) is 46.3 Å². The molecule has 0 spiro atoms. The molecule has 0 aliphatic carbocycles. The van der Waals surface area contributed by atoms with Crippen molar-refractivity contribution >= 4 is 40.0 Å². The summed E-state index contributed by atoms with van der Waals surface area (Å²) in [5.74, 6) is 2.19. The predicted octanol–water partition coefficient (Wildman–Crippen LogP) is 7.09. The first-order chi connectivity index (χ1) is 30.3. The van der Waals surface area contributed by atoms with Crippen LogP contribution in [-0.2, 0) is 9.59 Å². The maximum atomic E-state index is 14.6. The fourth-order valence-corrected chi connectivity index (χ4v) is 9.49. The second-order valence-electron chi connectivity index (χ2n) is 16.5. The summed E-state index contributed by atoms with van der Waals surface area (Å²) in [6.07, 6.45) is 3.61. The number of carbonyl (C=O) groups is 3. The number of imidazole rings is 2. The fourth-order valence-electron chi connectivity index (χ4n) is 9.49. The summed E-state index contributed by atoms with van der Waals surface area (Å²) in [6, 6.07) is 28.8. The maximum Gasteiger partial charge on any atom is 0.405 e. The quantitative estimate of drug-likeness (QED) is 0.111. The van der Waals surface area contributed by atoms with E-state index in [2.05, 4.69) is 44.3 Å². The van der Waals surface area contributed by atoms with Gasteiger partial charge in [-0.2, -0.15) is 0 Å². The van der Waals surface area contributed by atoms with Crippen molar-refractivity contribution in [1.29, 1.82) is 0 Å². The van der Waals surface area contributed by atoms with Gasteiger partial charge in [0, 0.05) is 44.8 Å². The van der Waals surface area contributed by atoms with Crippen LogP contribution in [0.15, 0.2) is 108 Å². The number of hydrogen-bond acceptors (Lipinski definition) is 9. The van der Waals surface area contributed by atoms with Crippen molar-refractivity contribution in [1.82, 2.24) is 49.8 Å². The third-order valence-electron chi connectivity index (χ3n) is 12.7. The Kier molecular flexibility index (Phi) is 10.5. The number of carbonyl (C=O) groups excluding carboxylic acids is 2. The maximum absolute atomic E-state index is 14.6. The molecule has 62 heavy (non-hydrogen) atoms. The van der Waals surface area contributed by atoms with Gasteiger partial charge in [0.05, 0.1) is 40.4 Å². The highest BCUT2D eigenvalue weighted by Crippen LogP contribution is 2.39. The third-order valence-corrected chi connectivity index (χ3v) is 12.7. The Morgan fingerprint density at radius 2 is 1.40 bits per heavy atom. The molecule has 4 aromatic carbocycles. The summed E-state index contributed by atoms with van der Waals surface area (Å²) in [4.78, 5) is 70.3. The molecule has 0 radical (unpaired) electrons. The molecule has 3 amide bonds. The van der Waals surface area contributed by atoms with E-state index in [0.717, 1.165) is 90.0 Å². The largest absolute Gasteiger partial charge is 0.465 e. The van der Waals surface area contributed by atoms with Gasteiger partial charge in [0.2, 0.25) is 11.8 Å². The van der Waals surface area contributed by atoms with Gasteiger partial charge in [-0.05, 0) is 74.2 Å². The van der Waals surface area contributed by atoms with Crippen LogP contribution in [0, 0.1) is 0 Å². The van der Waals surface area contributed by atoms with E-state index in [-0.39, 0.29) is 29.9 Å². The number of hydrogen-bond donors (Lipinski definition) is 4. The summed E-state index contributed by atoms with van der Waals surface area (Å²) in [7, 11) is 2.13. The van der Waals surface area contributed by atoms with E-state index >= 15 is 0 Å². The van der Waals surface area contributed by atoms with Crippen LogP contribution in [0.3, 0.4) is 0 Å². The number of piperazine rings is 1. The van der Waals surface area contributed by atoms with E-state index in [1.807, 2.05) is 65.6 Å². The number of likely N-dealkylation sites (tertiary alicyclic amines) is 2. The Morgan fingerprint density at radius 3 is 2.11 bits per heavy atom. The standard InChI is InChI=1S/C47H48N10O5/c1-54-23-25-55(26-24-54)41(30-13-6-3-7-14-30)46(59)57-22-10-18-37(57)43-50-34-16-8-15-32(40(34)52-43)44-48-28-38(62-44)31-19-20-33-35(27-31)51-42(49-33)36-17-9-21-56(36)45(58)39(53-47(60)61)29-11-4-2-5-12-29/h2-8,11-16,19-20,27-28,36-37,39,41,53H,9-10,17-18,21-26H2,1H3,(H,49,51)(H,50,52)(H,60,61)/t36-,37-,39+,41+/m0/s1. The molecular formula is C47H48N10O5. The van der Waals surface area contributed by atoms with E-state index in [4.69, 9.17) is 19.4 Å². The van der Waals surface area contributed by atoms with Gasteiger partial charge in [-0.1, -0.05) is 66.7 Å². The molecule has 6 heterocycles. The van der Waals surface area contributed by atoms with Gasteiger partial charge in [0.1, 0.15) is 29.2 Å². The topological polar surface area (TPSA) is 180 Å². The van der Waals surface area contributed by atoms with Crippen molar-refractivity contribution < 1.29 is 23.9 Å². The lowest BCUT2D eigenvalue weighted by molar-refractivity contribution is -0.139. The van der Waals surface area contributed by atoms with Gasteiger partial charge in [0.25, 0.3) is 5.91 Å². The normalized spacial score (nSPS) is 19.6. The number of nitrogens with one attached hydrogen (secondary N) is 3. The molecule has 3 saturated heterocycles. The molecule has 0 bridgehead atoms. The Balaban J connectivity index is 0.891. The molecule has 4 atom stereocenters. The number of carboxylic acid groups (broad SMARTS) is 1. The number of likely N-dealkylation sites (N-methyl/N-ethyl adjacent to an activating group) is 1. The number of amides is 3. The SMILES string of the molecule is CN1CCN([C@@H](C(=O)N2CCC[C@H]2c2nc3c(-c4ncc(-c5ccc6nc([C@@H]7CCCN7C(=O)[C@H](NC(=O)O)c7ccccc7)[nH]c6c5)o4)cccc3[nH]2)c2ccccc2)CC1. The zero-order chi connectivity index (χ0) is 42.3. The summed E-state index contributed by atoms with van der Waals surface area (Å²) in [5.41, 5.74) is 6.21. The van der Waals surface area contributed by atoms with Gasteiger partial charge in [0.15, 0.2) is 5.76 Å². The minimum absolute atomic E-state index is 0.112. The Labute approximate surface area is 357 Å². The first kappa shape index (κ1) is 39.3. The molecule has 3 fully saturated rings. The van der Waals surface area contributed by atoms with Gasteiger partial charge < -0.3 is 39.5 Å². The zero-order valence-electron chi connectivity index (χ0n) is 34.4. The Bertz CT molecular complexity index is 2740. The Morgan fingerprint density at radius 1 is 0.742 bits per heavy atom. The smallest absolute Gasteiger partial charge is 0.405 e. The van der Waals surface area contributed by atoms with Crippen LogP contribution in [0.1, 0.15) is 72.6 Å². The van der Waals surface area contributed by atoms with Crippen LogP contribution in [-0.4, -0.2) is 114 Å². The average molecular weight is 833 g/mol. The van der Waals surface area contributed by atoms with E-state index in [1.54, 1.807) is 35.4 Å². The molecule has 0 unspecified atom stereocenters. The number of aromatic amines is 2. The summed E-state index contributed by atoms with van der Waals surface area (Å²) < 4.78 is 6.44. The van der Waals surface area contributed by atoms with Crippen LogP contribution < -0.4 is 5.32 Å². The molecule has 15 nitrogen and oxygen atoms in total. The third kappa shape index (κ3) is 7.47. The number of H-pyrrole nitrogens is 2. The van der Waals surface area contributed by atoms with Crippen molar-refractivity contribution in [3.8, 4) is 22.8 Å². The predicted molar refractivity (Wildman–Crippen MR) is 233 cm³/mol. The summed E-state index contributed by atoms with van der Waals surface area (Å²) in [6.45, 7) is 4.66. The molecule has 15 heteroatoms. The van der Waals surface area contributed by atoms with Gasteiger partial charge in [-0.25, -0.2) is 19.7 Å². The Hall–Kier alpha value is -6.84. The lowest BCUT2D eigenvalue weighted by Crippen LogP contribution is -2.50. The lowest BCUT2D eigenvalue weighted by atomic mass is 10.0. The van der Waals surface area contributed by atoms with E-state index < -0.39 is 12.1 Å². The van der Waals surface area contributed by atoms with Crippen LogP contribution in [0.25, 0.3) is 44.8 Å². The first-order valence-electron chi connectivity index (χ1n) is 21.4. The number of aromatic nitrogens is 5. The fraction of sp³-hybridized carbons (Fsp3) is 0.319. The van der Waals surface area contributed by atoms with Crippen molar-refractivity contribution in [3.05, 3.63) is 126 Å². The molecule has 7 aromatic rings. The average Bonchev–Trinajstić information content (AvgIpc) is 4.15. The number of nitrogens with zero attached hydrogens (tertiary/aromatic N) is 7. The molecule has 3 aromatic heterocycles. The van der Waals surface area contributed by atoms with Crippen LogP contribution in [0.2, 0.25) is 0 Å². The molecule has 3 aliphatic rings. The van der Waals surface area contributed by atoms with Gasteiger partial charge in [-0.15, -0.1) is 0 Å². The van der Waals surface area contributed by atoms with E-state index in [0.29, 0.717) is 42.5 Å². The van der Waals surface area contributed by atoms with Crippen molar-refractivity contribution in [2.45, 2.75) is 49.9 Å². The second kappa shape index (κ2) is 16.6. The molecule has 4 N–H and O–H groups in total. The van der Waals surface area contributed by atoms with Crippen molar-refractivity contribution in [2.24, 2.45) is 0 Å². The minimum atomic E-state index is -1.27. The minimum Gasteiger partial charge on any atom is -0.465 e.